The molecule has 2 atom stereocenters. The Kier molecular flexibility index (Phi) is 3.96. The van der Waals surface area contributed by atoms with Gasteiger partial charge in [0.2, 0.25) is 0 Å². The van der Waals surface area contributed by atoms with Crippen LogP contribution in [0.25, 0.3) is 5.65 Å². The molecule has 2 aromatic heterocycles. The third-order valence-corrected chi connectivity index (χ3v) is 4.12. The number of nitrogens with zero attached hydrogens (tertiary/aromatic N) is 4. The van der Waals surface area contributed by atoms with Crippen molar-refractivity contribution in [3.8, 4) is 0 Å². The van der Waals surface area contributed by atoms with E-state index in [0.717, 1.165) is 49.8 Å². The summed E-state index contributed by atoms with van der Waals surface area (Å²) < 4.78 is 2.01. The number of aliphatic hydroxyl groups excluding tert-OH is 1. The van der Waals surface area contributed by atoms with E-state index in [-0.39, 0.29) is 6.10 Å². The monoisotopic (exact) mass is 289 g/mol. The highest BCUT2D eigenvalue weighted by Crippen LogP contribution is 2.28. The number of rotatable bonds is 5. The van der Waals surface area contributed by atoms with Crippen LogP contribution in [-0.2, 0) is 0 Å². The van der Waals surface area contributed by atoms with Gasteiger partial charge in [-0.05, 0) is 19.8 Å². The van der Waals surface area contributed by atoms with E-state index in [2.05, 4.69) is 22.1 Å². The maximum Gasteiger partial charge on any atom is 0.180 e. The molecule has 0 saturated carbocycles. The second kappa shape index (κ2) is 5.89. The van der Waals surface area contributed by atoms with E-state index in [1.54, 1.807) is 6.20 Å². The fourth-order valence-corrected chi connectivity index (χ4v) is 2.84. The highest BCUT2D eigenvalue weighted by Gasteiger charge is 2.28. The lowest BCUT2D eigenvalue weighted by molar-refractivity contribution is 0.136. The number of fused-ring (bicyclic) bond motifs is 1. The number of nitrogens with one attached hydrogen (secondary N) is 1. The fourth-order valence-electron chi connectivity index (χ4n) is 2.84. The van der Waals surface area contributed by atoms with Gasteiger partial charge in [0.05, 0.1) is 12.3 Å². The van der Waals surface area contributed by atoms with Crippen LogP contribution in [0, 0.1) is 5.92 Å². The van der Waals surface area contributed by atoms with E-state index in [1.165, 1.54) is 0 Å². The van der Waals surface area contributed by atoms with Gasteiger partial charge in [0.1, 0.15) is 5.82 Å². The topological polar surface area (TPSA) is 65.7 Å². The third kappa shape index (κ3) is 2.81. The van der Waals surface area contributed by atoms with Gasteiger partial charge in [0, 0.05) is 37.9 Å². The normalized spacial score (nSPS) is 20.1. The molecule has 21 heavy (non-hydrogen) atoms. The first kappa shape index (κ1) is 14.1. The number of imidazole rings is 1. The van der Waals surface area contributed by atoms with Crippen LogP contribution in [0.5, 0.6) is 0 Å². The Labute approximate surface area is 124 Å². The number of hydrogen-bond acceptors (Lipinski definition) is 5. The maximum absolute atomic E-state index is 9.78. The molecular weight excluding hydrogens is 266 g/mol. The molecule has 3 rings (SSSR count). The number of anilines is 2. The average molecular weight is 289 g/mol. The molecule has 0 spiro atoms. The summed E-state index contributed by atoms with van der Waals surface area (Å²) in [5.74, 6) is 2.09. The second-order valence-corrected chi connectivity index (χ2v) is 5.77. The molecule has 2 aromatic rings. The van der Waals surface area contributed by atoms with Crippen molar-refractivity contribution in [2.75, 3.05) is 29.9 Å². The minimum atomic E-state index is -0.271. The highest BCUT2D eigenvalue weighted by molar-refractivity contribution is 5.67. The van der Waals surface area contributed by atoms with Crippen molar-refractivity contribution < 1.29 is 5.11 Å². The molecule has 6 heteroatoms. The first-order valence-corrected chi connectivity index (χ1v) is 7.69. The number of hydrogen-bond donors (Lipinski definition) is 2. The van der Waals surface area contributed by atoms with E-state index in [1.807, 2.05) is 23.7 Å². The molecule has 6 nitrogen and oxygen atoms in total. The zero-order valence-electron chi connectivity index (χ0n) is 12.7. The van der Waals surface area contributed by atoms with E-state index in [9.17, 15) is 5.11 Å². The molecule has 3 heterocycles. The van der Waals surface area contributed by atoms with Crippen molar-refractivity contribution >= 4 is 17.3 Å². The molecule has 0 bridgehead atoms. The van der Waals surface area contributed by atoms with Gasteiger partial charge in [-0.25, -0.2) is 9.97 Å². The van der Waals surface area contributed by atoms with Crippen LogP contribution in [0.4, 0.5) is 11.6 Å². The van der Waals surface area contributed by atoms with E-state index < -0.39 is 0 Å². The number of aliphatic hydroxyl groups is 1. The molecular formula is C15H23N5O. The lowest BCUT2D eigenvalue weighted by Crippen LogP contribution is -2.25. The molecule has 1 saturated heterocycles. The summed E-state index contributed by atoms with van der Waals surface area (Å²) in [4.78, 5) is 11.4. The minimum absolute atomic E-state index is 0.271. The van der Waals surface area contributed by atoms with Crippen LogP contribution in [-0.4, -0.2) is 45.2 Å². The summed E-state index contributed by atoms with van der Waals surface area (Å²) in [6.45, 7) is 6.67. The SMILES string of the molecule is CCCNc1cn2ccnc2c(N2CCC(C(C)O)C2)n1. The van der Waals surface area contributed by atoms with Gasteiger partial charge in [-0.3, -0.25) is 0 Å². The summed E-state index contributed by atoms with van der Waals surface area (Å²) in [5, 5.41) is 13.1. The van der Waals surface area contributed by atoms with Crippen LogP contribution in [0.3, 0.4) is 0 Å². The molecule has 0 aliphatic carbocycles. The molecule has 1 fully saturated rings. The second-order valence-electron chi connectivity index (χ2n) is 5.77. The molecule has 2 unspecified atom stereocenters. The van der Waals surface area contributed by atoms with Gasteiger partial charge in [-0.1, -0.05) is 6.92 Å². The van der Waals surface area contributed by atoms with Crippen molar-refractivity contribution in [2.24, 2.45) is 5.92 Å². The molecule has 2 N–H and O–H groups in total. The van der Waals surface area contributed by atoms with Crippen molar-refractivity contribution in [2.45, 2.75) is 32.8 Å². The molecule has 1 aliphatic heterocycles. The summed E-state index contributed by atoms with van der Waals surface area (Å²) in [5.41, 5.74) is 0.878. The Morgan fingerprint density at radius 3 is 3.10 bits per heavy atom. The van der Waals surface area contributed by atoms with Gasteiger partial charge in [0.15, 0.2) is 11.5 Å². The quantitative estimate of drug-likeness (QED) is 0.878. The highest BCUT2D eigenvalue weighted by atomic mass is 16.3. The summed E-state index contributed by atoms with van der Waals surface area (Å²) >= 11 is 0. The van der Waals surface area contributed by atoms with Gasteiger partial charge < -0.3 is 19.7 Å². The minimum Gasteiger partial charge on any atom is -0.393 e. The Morgan fingerprint density at radius 1 is 1.52 bits per heavy atom. The summed E-state index contributed by atoms with van der Waals surface area (Å²) in [6, 6.07) is 0. The van der Waals surface area contributed by atoms with Crippen molar-refractivity contribution in [3.63, 3.8) is 0 Å². The predicted octanol–water partition coefficient (Wildman–Crippen LogP) is 1.76. The van der Waals surface area contributed by atoms with Gasteiger partial charge >= 0.3 is 0 Å². The van der Waals surface area contributed by atoms with Gasteiger partial charge in [-0.15, -0.1) is 0 Å². The zero-order chi connectivity index (χ0) is 14.8. The van der Waals surface area contributed by atoms with Crippen LogP contribution >= 0.6 is 0 Å². The first-order valence-electron chi connectivity index (χ1n) is 7.69. The lowest BCUT2D eigenvalue weighted by Gasteiger charge is -2.20. The Balaban J connectivity index is 1.91. The van der Waals surface area contributed by atoms with Gasteiger partial charge in [0.25, 0.3) is 0 Å². The Hall–Kier alpha value is -1.82. The summed E-state index contributed by atoms with van der Waals surface area (Å²) in [6.07, 6.45) is 7.51. The van der Waals surface area contributed by atoms with E-state index in [0.29, 0.717) is 5.92 Å². The van der Waals surface area contributed by atoms with Crippen molar-refractivity contribution in [1.29, 1.82) is 0 Å². The smallest absolute Gasteiger partial charge is 0.180 e. The molecule has 0 radical (unpaired) electrons. The predicted molar refractivity (Wildman–Crippen MR) is 83.8 cm³/mol. The van der Waals surface area contributed by atoms with Crippen LogP contribution < -0.4 is 10.2 Å². The third-order valence-electron chi connectivity index (χ3n) is 4.12. The molecule has 114 valence electrons. The molecule has 1 aliphatic rings. The van der Waals surface area contributed by atoms with E-state index >= 15 is 0 Å². The van der Waals surface area contributed by atoms with Crippen LogP contribution in [0.15, 0.2) is 18.6 Å². The largest absolute Gasteiger partial charge is 0.393 e. The fraction of sp³-hybridized carbons (Fsp3) is 0.600. The average Bonchev–Trinajstić information content (AvgIpc) is 3.12. The lowest BCUT2D eigenvalue weighted by atomic mass is 10.0. The number of aromatic nitrogens is 3. The van der Waals surface area contributed by atoms with Gasteiger partial charge in [-0.2, -0.15) is 0 Å². The Morgan fingerprint density at radius 2 is 2.38 bits per heavy atom. The van der Waals surface area contributed by atoms with Crippen molar-refractivity contribution in [3.05, 3.63) is 18.6 Å². The molecule has 0 aromatic carbocycles. The first-order chi connectivity index (χ1) is 10.2. The van der Waals surface area contributed by atoms with Crippen LogP contribution in [0.2, 0.25) is 0 Å². The van der Waals surface area contributed by atoms with E-state index in [4.69, 9.17) is 4.98 Å². The summed E-state index contributed by atoms with van der Waals surface area (Å²) in [7, 11) is 0. The van der Waals surface area contributed by atoms with Crippen molar-refractivity contribution in [1.82, 2.24) is 14.4 Å². The Bertz CT molecular complexity index is 609. The standard InChI is InChI=1S/C15H23N5O/c1-3-5-16-13-10-20-8-6-17-14(20)15(18-13)19-7-4-12(9-19)11(2)21/h6,8,10-12,16,21H,3-5,7,9H2,1-2H3. The zero-order valence-corrected chi connectivity index (χ0v) is 12.7. The van der Waals surface area contributed by atoms with Crippen LogP contribution in [0.1, 0.15) is 26.7 Å². The molecule has 0 amide bonds. The maximum atomic E-state index is 9.78.